The molecule has 2 aliphatic rings. The number of piperazine rings is 1. The third-order valence-electron chi connectivity index (χ3n) is 4.27. The van der Waals surface area contributed by atoms with Crippen LogP contribution >= 0.6 is 11.6 Å². The van der Waals surface area contributed by atoms with Crippen LogP contribution in [0.3, 0.4) is 0 Å². The molecule has 0 unspecified atom stereocenters. The van der Waals surface area contributed by atoms with Crippen molar-refractivity contribution in [3.05, 3.63) is 34.6 Å². The van der Waals surface area contributed by atoms with Gasteiger partial charge in [0.15, 0.2) is 0 Å². The zero-order chi connectivity index (χ0) is 17.9. The molecule has 2 fully saturated rings. The highest BCUT2D eigenvalue weighted by Crippen LogP contribution is 2.28. The normalized spacial score (nSPS) is 22.8. The Balaban J connectivity index is 0.000000647. The average molecular weight is 357 g/mol. The van der Waals surface area contributed by atoms with Crippen molar-refractivity contribution in [2.24, 2.45) is 0 Å². The van der Waals surface area contributed by atoms with Gasteiger partial charge in [-0.25, -0.2) is 4.39 Å². The van der Waals surface area contributed by atoms with Gasteiger partial charge in [-0.15, -0.1) is 0 Å². The number of nitrogens with zero attached hydrogens (tertiary/aromatic N) is 2. The van der Waals surface area contributed by atoms with E-state index in [1.807, 2.05) is 0 Å². The molecule has 0 radical (unpaired) electrons. The molecule has 0 spiro atoms. The van der Waals surface area contributed by atoms with Crippen molar-refractivity contribution in [2.45, 2.75) is 38.4 Å². The summed E-state index contributed by atoms with van der Waals surface area (Å²) in [5, 5.41) is 6.92. The number of amides is 2. The zero-order valence-corrected chi connectivity index (χ0v) is 13.9. The molecule has 0 aromatic heterocycles. The predicted octanol–water partition coefficient (Wildman–Crippen LogP) is 1.90. The van der Waals surface area contributed by atoms with E-state index >= 15 is 0 Å². The van der Waals surface area contributed by atoms with Crippen molar-refractivity contribution >= 4 is 29.9 Å². The van der Waals surface area contributed by atoms with E-state index < -0.39 is 11.9 Å². The van der Waals surface area contributed by atoms with Gasteiger partial charge in [-0.3, -0.25) is 14.4 Å². The lowest BCUT2D eigenvalue weighted by atomic mass is 10.0. The second kappa shape index (κ2) is 7.61. The fourth-order valence-corrected chi connectivity index (χ4v) is 3.30. The fourth-order valence-electron chi connectivity index (χ4n) is 3.09. The van der Waals surface area contributed by atoms with Gasteiger partial charge in [-0.1, -0.05) is 17.7 Å². The van der Waals surface area contributed by atoms with Gasteiger partial charge in [0.2, 0.25) is 11.8 Å². The van der Waals surface area contributed by atoms with Gasteiger partial charge in [-0.05, 0) is 37.5 Å². The molecule has 0 bridgehead atoms. The standard InChI is InChI=1S/C15H16ClFN2O2.CH2O2/c1-9-14(20)18-6-2-3-13(18)15(21)19(9)8-10-4-5-12(17)11(16)7-10;2-1-3/h4-5,7,9,13H,2-3,6,8H2,1H3;1H,(H,2,3)/t9-,13-;/m0./s1. The number of fused-ring (bicyclic) bond motifs is 1. The molecule has 2 heterocycles. The summed E-state index contributed by atoms with van der Waals surface area (Å²) in [6, 6.07) is 3.55. The van der Waals surface area contributed by atoms with Crippen molar-refractivity contribution in [3.8, 4) is 0 Å². The Labute approximate surface area is 143 Å². The number of benzene rings is 1. The molecule has 2 aliphatic heterocycles. The molecule has 0 aliphatic carbocycles. The number of halogens is 2. The third kappa shape index (κ3) is 3.51. The fraction of sp³-hybridized carbons (Fsp3) is 0.438. The summed E-state index contributed by atoms with van der Waals surface area (Å²) in [7, 11) is 0. The van der Waals surface area contributed by atoms with E-state index in [4.69, 9.17) is 21.5 Å². The molecule has 2 amide bonds. The number of carbonyl (C=O) groups excluding carboxylic acids is 2. The second-order valence-electron chi connectivity index (χ2n) is 5.69. The third-order valence-corrected chi connectivity index (χ3v) is 4.56. The highest BCUT2D eigenvalue weighted by molar-refractivity contribution is 6.30. The highest BCUT2D eigenvalue weighted by atomic mass is 35.5. The molecule has 8 heteroatoms. The van der Waals surface area contributed by atoms with Gasteiger partial charge in [-0.2, -0.15) is 0 Å². The van der Waals surface area contributed by atoms with E-state index in [1.54, 1.807) is 22.8 Å². The predicted molar refractivity (Wildman–Crippen MR) is 84.8 cm³/mol. The SMILES string of the molecule is C[C@H]1C(=O)N2CCC[C@H]2C(=O)N1Cc1ccc(F)c(Cl)c1.O=CO. The van der Waals surface area contributed by atoms with Crippen LogP contribution in [0.25, 0.3) is 0 Å². The number of hydrogen-bond acceptors (Lipinski definition) is 3. The van der Waals surface area contributed by atoms with Crippen LogP contribution in [0.1, 0.15) is 25.3 Å². The molecule has 6 nitrogen and oxygen atoms in total. The van der Waals surface area contributed by atoms with Gasteiger partial charge >= 0.3 is 0 Å². The molecule has 1 aromatic carbocycles. The summed E-state index contributed by atoms with van der Waals surface area (Å²) < 4.78 is 13.2. The Morgan fingerprint density at radius 3 is 2.67 bits per heavy atom. The average Bonchev–Trinajstić information content (AvgIpc) is 3.03. The lowest BCUT2D eigenvalue weighted by Gasteiger charge is -2.41. The van der Waals surface area contributed by atoms with Gasteiger partial charge < -0.3 is 14.9 Å². The molecule has 130 valence electrons. The van der Waals surface area contributed by atoms with Crippen LogP contribution in [0.2, 0.25) is 5.02 Å². The molecule has 2 atom stereocenters. The van der Waals surface area contributed by atoms with E-state index in [2.05, 4.69) is 0 Å². The van der Waals surface area contributed by atoms with E-state index in [9.17, 15) is 14.0 Å². The topological polar surface area (TPSA) is 77.9 Å². The molecular weight excluding hydrogens is 339 g/mol. The van der Waals surface area contributed by atoms with Crippen LogP contribution in [0, 0.1) is 5.82 Å². The summed E-state index contributed by atoms with van der Waals surface area (Å²) in [4.78, 5) is 36.5. The smallest absolute Gasteiger partial charge is 0.290 e. The number of carboxylic acid groups (broad SMARTS) is 1. The number of rotatable bonds is 2. The molecule has 3 rings (SSSR count). The van der Waals surface area contributed by atoms with E-state index in [0.29, 0.717) is 6.54 Å². The van der Waals surface area contributed by atoms with Crippen LogP contribution in [-0.2, 0) is 20.9 Å². The lowest BCUT2D eigenvalue weighted by molar-refractivity contribution is -0.159. The summed E-state index contributed by atoms with van der Waals surface area (Å²) in [6.07, 6.45) is 1.59. The van der Waals surface area contributed by atoms with Gasteiger partial charge in [0.25, 0.3) is 6.47 Å². The van der Waals surface area contributed by atoms with Gasteiger partial charge in [0, 0.05) is 13.1 Å². The van der Waals surface area contributed by atoms with E-state index in [0.717, 1.165) is 18.4 Å². The first kappa shape index (κ1) is 18.2. The molecule has 1 aromatic rings. The Bertz CT molecular complexity index is 655. The Morgan fingerprint density at radius 1 is 1.38 bits per heavy atom. The van der Waals surface area contributed by atoms with Gasteiger partial charge in [0.05, 0.1) is 5.02 Å². The highest BCUT2D eigenvalue weighted by Gasteiger charge is 2.45. The monoisotopic (exact) mass is 356 g/mol. The zero-order valence-electron chi connectivity index (χ0n) is 13.1. The van der Waals surface area contributed by atoms with E-state index in [1.165, 1.54) is 12.1 Å². The summed E-state index contributed by atoms with van der Waals surface area (Å²) in [5.41, 5.74) is 0.723. The van der Waals surface area contributed by atoms with Gasteiger partial charge in [0.1, 0.15) is 17.9 Å². The van der Waals surface area contributed by atoms with Crippen molar-refractivity contribution in [2.75, 3.05) is 6.54 Å². The number of carbonyl (C=O) groups is 3. The van der Waals surface area contributed by atoms with E-state index in [-0.39, 0.29) is 35.9 Å². The maximum absolute atomic E-state index is 13.2. The first-order chi connectivity index (χ1) is 11.4. The number of hydrogen-bond donors (Lipinski definition) is 1. The quantitative estimate of drug-likeness (QED) is 0.821. The van der Waals surface area contributed by atoms with Crippen molar-refractivity contribution in [1.29, 1.82) is 0 Å². The second-order valence-corrected chi connectivity index (χ2v) is 6.09. The minimum atomic E-state index is -0.490. The van der Waals surface area contributed by atoms with Crippen molar-refractivity contribution in [1.82, 2.24) is 9.80 Å². The lowest BCUT2D eigenvalue weighted by Crippen LogP contribution is -2.61. The largest absolute Gasteiger partial charge is 0.483 e. The summed E-state index contributed by atoms with van der Waals surface area (Å²) >= 11 is 5.77. The van der Waals surface area contributed by atoms with Crippen LogP contribution < -0.4 is 0 Å². The van der Waals surface area contributed by atoms with Crippen LogP contribution in [0.4, 0.5) is 4.39 Å². The van der Waals surface area contributed by atoms with Crippen LogP contribution in [-0.4, -0.2) is 51.8 Å². The summed E-state index contributed by atoms with van der Waals surface area (Å²) in [5.74, 6) is -0.526. The Kier molecular flexibility index (Phi) is 5.77. The van der Waals surface area contributed by atoms with Crippen molar-refractivity contribution in [3.63, 3.8) is 0 Å². The summed E-state index contributed by atoms with van der Waals surface area (Å²) in [6.45, 7) is 2.42. The maximum atomic E-state index is 13.2. The Hall–Kier alpha value is -2.15. The molecule has 2 saturated heterocycles. The van der Waals surface area contributed by atoms with Crippen LogP contribution in [0.15, 0.2) is 18.2 Å². The van der Waals surface area contributed by atoms with Crippen LogP contribution in [0.5, 0.6) is 0 Å². The Morgan fingerprint density at radius 2 is 2.04 bits per heavy atom. The minimum Gasteiger partial charge on any atom is -0.483 e. The molecule has 24 heavy (non-hydrogen) atoms. The molecule has 1 N–H and O–H groups in total. The van der Waals surface area contributed by atoms with Crippen molar-refractivity contribution < 1.29 is 23.9 Å². The first-order valence-corrected chi connectivity index (χ1v) is 7.91. The first-order valence-electron chi connectivity index (χ1n) is 7.53. The molecular formula is C16H18ClFN2O4. The molecule has 0 saturated carbocycles. The minimum absolute atomic E-state index is 0.00897. The maximum Gasteiger partial charge on any atom is 0.290 e.